The Morgan fingerprint density at radius 2 is 1.09 bits per heavy atom. The van der Waals surface area contributed by atoms with E-state index in [1.165, 1.54) is 6.07 Å². The van der Waals surface area contributed by atoms with Crippen molar-refractivity contribution < 1.29 is 118 Å². The van der Waals surface area contributed by atoms with Gasteiger partial charge in [-0.15, -0.1) is 0 Å². The molecule has 6 nitrogen and oxygen atoms in total. The maximum atomic E-state index is 10.9. The van der Waals surface area contributed by atoms with Gasteiger partial charge in [-0.25, -0.2) is 0 Å². The van der Waals surface area contributed by atoms with Crippen molar-refractivity contribution in [1.29, 1.82) is 0 Å². The molecular weight excluding hydrogens is 321 g/mol. The predicted octanol–water partition coefficient (Wildman–Crippen LogP) is -11.1. The molecule has 0 spiro atoms. The van der Waals surface area contributed by atoms with Crippen LogP contribution in [0.2, 0.25) is 0 Å². The summed E-state index contributed by atoms with van der Waals surface area (Å²) in [5, 5.41) is 32.6. The van der Waals surface area contributed by atoms with Crippen molar-refractivity contribution >= 4 is 28.7 Å². The molecule has 0 unspecified atom stereocenters. The summed E-state index contributed by atoms with van der Waals surface area (Å²) in [5.41, 5.74) is -0.793. The fourth-order valence-corrected chi connectivity index (χ4v) is 1.83. The second-order valence-electron chi connectivity index (χ2n) is 3.78. The zero-order valence-corrected chi connectivity index (χ0v) is 18.3. The molecule has 0 heterocycles. The number of hydrogen-bond donors (Lipinski definition) is 0. The molecule has 0 N–H and O–H groups in total. The number of benzene rings is 2. The maximum absolute atomic E-state index is 10.9. The molecule has 0 saturated carbocycles. The number of aromatic carboxylic acids is 3. The number of hydrogen-bond acceptors (Lipinski definition) is 6. The van der Waals surface area contributed by atoms with E-state index in [2.05, 4.69) is 0 Å². The maximum Gasteiger partial charge on any atom is 1.00 e. The third-order valence-corrected chi connectivity index (χ3v) is 2.69. The summed E-state index contributed by atoms with van der Waals surface area (Å²) in [6.45, 7) is 0. The van der Waals surface area contributed by atoms with Crippen LogP contribution in [0.1, 0.15) is 31.1 Å². The normalized spacial score (nSPS) is 8.91. The van der Waals surface area contributed by atoms with Gasteiger partial charge in [0.2, 0.25) is 0 Å². The van der Waals surface area contributed by atoms with Crippen molar-refractivity contribution in [3.05, 3.63) is 47.0 Å². The van der Waals surface area contributed by atoms with Crippen LogP contribution in [0.25, 0.3) is 10.8 Å². The molecule has 2 aromatic rings. The van der Waals surface area contributed by atoms with E-state index in [0.29, 0.717) is 0 Å². The molecule has 0 radical (unpaired) electrons. The first-order valence-electron chi connectivity index (χ1n) is 5.12. The molecule has 0 aliphatic heterocycles. The molecule has 22 heavy (non-hydrogen) atoms. The molecule has 0 saturated heterocycles. The third kappa shape index (κ3) is 5.06. The van der Waals surface area contributed by atoms with Gasteiger partial charge in [-0.1, -0.05) is 24.3 Å². The number of rotatable bonds is 3. The van der Waals surface area contributed by atoms with Gasteiger partial charge >= 0.3 is 88.7 Å². The van der Waals surface area contributed by atoms with Crippen LogP contribution in [0.15, 0.2) is 30.3 Å². The number of carboxylic acids is 3. The first-order chi connectivity index (χ1) is 8.91. The van der Waals surface area contributed by atoms with Crippen LogP contribution in [-0.4, -0.2) is 17.9 Å². The van der Waals surface area contributed by atoms with Crippen molar-refractivity contribution in [2.75, 3.05) is 0 Å². The van der Waals surface area contributed by atoms with Crippen LogP contribution in [-0.2, 0) is 0 Å². The molecule has 0 fully saturated rings. The van der Waals surface area contributed by atoms with Gasteiger partial charge in [0.15, 0.2) is 0 Å². The van der Waals surface area contributed by atoms with E-state index in [-0.39, 0.29) is 116 Å². The summed E-state index contributed by atoms with van der Waals surface area (Å²) in [4.78, 5) is 32.6. The number of carbonyl (C=O) groups excluding carboxylic acids is 3. The minimum absolute atomic E-state index is 0. The van der Waals surface area contributed by atoms with Crippen LogP contribution < -0.4 is 104 Å². The molecule has 0 amide bonds. The monoisotopic (exact) mass is 326 g/mol. The van der Waals surface area contributed by atoms with Gasteiger partial charge < -0.3 is 29.7 Å². The molecule has 2 rings (SSSR count). The first kappa shape index (κ1) is 24.4. The predicted molar refractivity (Wildman–Crippen MR) is 56.9 cm³/mol. The average molecular weight is 326 g/mol. The quantitative estimate of drug-likeness (QED) is 0.517. The standard InChI is InChI=1S/C13H8O6.3Na/c14-11(15)6-1-2-7-8(12(16)17)3-4-9(13(18)19)10(7)5-6;;;/h1-5H,(H,14,15)(H,16,17)(H,18,19);;;/q;3*+1/p-3. The van der Waals surface area contributed by atoms with Gasteiger partial charge in [0.1, 0.15) is 0 Å². The Morgan fingerprint density at radius 1 is 0.636 bits per heavy atom. The Morgan fingerprint density at radius 3 is 1.50 bits per heavy atom. The molecule has 2 aromatic carbocycles. The Balaban J connectivity index is 0. The number of carboxylic acid groups (broad SMARTS) is 3. The van der Waals surface area contributed by atoms with Gasteiger partial charge in [-0.2, -0.15) is 0 Å². The second kappa shape index (κ2) is 10.1. The van der Waals surface area contributed by atoms with E-state index in [9.17, 15) is 29.7 Å². The summed E-state index contributed by atoms with van der Waals surface area (Å²) in [6, 6.07) is 5.45. The fourth-order valence-electron chi connectivity index (χ4n) is 1.83. The van der Waals surface area contributed by atoms with E-state index >= 15 is 0 Å². The topological polar surface area (TPSA) is 120 Å². The molecule has 0 aliphatic carbocycles. The van der Waals surface area contributed by atoms with Gasteiger partial charge in [0.05, 0.1) is 17.9 Å². The van der Waals surface area contributed by atoms with Crippen molar-refractivity contribution in [2.24, 2.45) is 0 Å². The van der Waals surface area contributed by atoms with Crippen molar-refractivity contribution in [3.8, 4) is 0 Å². The van der Waals surface area contributed by atoms with Crippen LogP contribution in [0.5, 0.6) is 0 Å². The molecule has 0 aliphatic rings. The summed E-state index contributed by atoms with van der Waals surface area (Å²) in [7, 11) is 0. The van der Waals surface area contributed by atoms with Crippen LogP contribution in [0.3, 0.4) is 0 Å². The fraction of sp³-hybridized carbons (Fsp3) is 0. The van der Waals surface area contributed by atoms with Crippen LogP contribution in [0.4, 0.5) is 0 Å². The summed E-state index contributed by atoms with van der Waals surface area (Å²) in [5.74, 6) is -4.52. The molecule has 0 bridgehead atoms. The van der Waals surface area contributed by atoms with Gasteiger partial charge in [0, 0.05) is 11.1 Å². The zero-order chi connectivity index (χ0) is 14.2. The first-order valence-corrected chi connectivity index (χ1v) is 5.12. The number of carbonyl (C=O) groups is 3. The zero-order valence-electron chi connectivity index (χ0n) is 12.3. The molecule has 0 aromatic heterocycles. The van der Waals surface area contributed by atoms with E-state index in [1.54, 1.807) is 0 Å². The Labute approximate surface area is 191 Å². The molecule has 96 valence electrons. The minimum Gasteiger partial charge on any atom is -0.545 e. The Kier molecular flexibility index (Phi) is 11.2. The van der Waals surface area contributed by atoms with Crippen LogP contribution in [0, 0.1) is 0 Å². The molecule has 0 atom stereocenters. The van der Waals surface area contributed by atoms with Crippen molar-refractivity contribution in [1.82, 2.24) is 0 Å². The van der Waals surface area contributed by atoms with E-state index in [4.69, 9.17) is 0 Å². The molecular formula is C13H5Na3O6. The Hall–Kier alpha value is 0.110. The van der Waals surface area contributed by atoms with Gasteiger partial charge in [-0.3, -0.25) is 0 Å². The minimum atomic E-state index is -1.54. The Bertz CT molecular complexity index is 729. The molecule has 9 heteroatoms. The van der Waals surface area contributed by atoms with Gasteiger partial charge in [0.25, 0.3) is 0 Å². The largest absolute Gasteiger partial charge is 1.00 e. The number of fused-ring (bicyclic) bond motifs is 1. The van der Waals surface area contributed by atoms with E-state index < -0.39 is 17.9 Å². The third-order valence-electron chi connectivity index (χ3n) is 2.69. The van der Waals surface area contributed by atoms with E-state index in [0.717, 1.165) is 24.3 Å². The SMILES string of the molecule is O=C([O-])c1ccc2c(C(=O)[O-])ccc(C(=O)[O-])c2c1.[Na+].[Na+].[Na+]. The van der Waals surface area contributed by atoms with Crippen molar-refractivity contribution in [3.63, 3.8) is 0 Å². The second-order valence-corrected chi connectivity index (χ2v) is 3.78. The van der Waals surface area contributed by atoms with Crippen molar-refractivity contribution in [2.45, 2.75) is 0 Å². The van der Waals surface area contributed by atoms with Crippen LogP contribution >= 0.6 is 0 Å². The summed E-state index contributed by atoms with van der Waals surface area (Å²) < 4.78 is 0. The average Bonchev–Trinajstić information content (AvgIpc) is 2.36. The van der Waals surface area contributed by atoms with E-state index in [1.807, 2.05) is 0 Å². The van der Waals surface area contributed by atoms with Gasteiger partial charge in [-0.05, 0) is 22.4 Å². The smallest absolute Gasteiger partial charge is 0.545 e. The summed E-state index contributed by atoms with van der Waals surface area (Å²) >= 11 is 0. The summed E-state index contributed by atoms with van der Waals surface area (Å²) in [6.07, 6.45) is 0.